The summed E-state index contributed by atoms with van der Waals surface area (Å²) >= 11 is 0. The molecule has 4 rings (SSSR count). The van der Waals surface area contributed by atoms with E-state index in [2.05, 4.69) is 14.9 Å². The predicted octanol–water partition coefficient (Wildman–Crippen LogP) is 1.67. The number of piperidine rings is 1. The highest BCUT2D eigenvalue weighted by Gasteiger charge is 2.26. The molecule has 2 aliphatic rings. The highest BCUT2D eigenvalue weighted by molar-refractivity contribution is 5.82. The van der Waals surface area contributed by atoms with Crippen LogP contribution >= 0.6 is 0 Å². The molecule has 1 N–H and O–H groups in total. The Kier molecular flexibility index (Phi) is 5.89. The third-order valence-electron chi connectivity index (χ3n) is 5.64. The molecule has 2 aliphatic heterocycles. The molecule has 2 fully saturated rings. The Morgan fingerprint density at radius 1 is 1.10 bits per heavy atom. The molecule has 1 aromatic carbocycles. The van der Waals surface area contributed by atoms with Gasteiger partial charge in [-0.3, -0.25) is 4.79 Å². The molecule has 1 amide bonds. The van der Waals surface area contributed by atoms with E-state index in [1.807, 2.05) is 17.0 Å². The highest BCUT2D eigenvalue weighted by Crippen LogP contribution is 2.24. The summed E-state index contributed by atoms with van der Waals surface area (Å²) < 4.78 is 13.4. The summed E-state index contributed by atoms with van der Waals surface area (Å²) in [4.78, 5) is 27.3. The van der Waals surface area contributed by atoms with Crippen LogP contribution in [0.4, 0.5) is 16.0 Å². The third kappa shape index (κ3) is 4.64. The van der Waals surface area contributed by atoms with E-state index in [4.69, 9.17) is 0 Å². The minimum Gasteiger partial charge on any atom is -0.396 e. The number of halogens is 1. The van der Waals surface area contributed by atoms with Crippen molar-refractivity contribution < 1.29 is 14.3 Å². The standard InChI is InChI=1S/C21H26FN5O2/c22-18-5-1-3-16(9-18)11-27-8-7-26(13-21(27)29)20-10-19(23-15-24-20)25-6-2-4-17(12-25)14-28/h1,3,5,9-10,15,17,28H,2,4,6-8,11-14H2. The topological polar surface area (TPSA) is 72.8 Å². The molecule has 8 heteroatoms. The average molecular weight is 399 g/mol. The summed E-state index contributed by atoms with van der Waals surface area (Å²) in [5, 5.41) is 9.46. The molecule has 1 atom stereocenters. The van der Waals surface area contributed by atoms with E-state index in [1.54, 1.807) is 11.0 Å². The van der Waals surface area contributed by atoms with Crippen LogP contribution in [0.3, 0.4) is 0 Å². The fourth-order valence-corrected chi connectivity index (χ4v) is 4.03. The van der Waals surface area contributed by atoms with Gasteiger partial charge in [-0.05, 0) is 36.5 Å². The zero-order valence-electron chi connectivity index (χ0n) is 16.4. The van der Waals surface area contributed by atoms with Crippen LogP contribution in [0.5, 0.6) is 0 Å². The quantitative estimate of drug-likeness (QED) is 0.825. The van der Waals surface area contributed by atoms with Crippen LogP contribution in [0, 0.1) is 11.7 Å². The number of amides is 1. The first-order valence-corrected chi connectivity index (χ1v) is 10.1. The second-order valence-corrected chi connectivity index (χ2v) is 7.74. The average Bonchev–Trinajstić information content (AvgIpc) is 2.75. The molecule has 0 radical (unpaired) electrons. The lowest BCUT2D eigenvalue weighted by Crippen LogP contribution is -2.50. The zero-order valence-corrected chi connectivity index (χ0v) is 16.4. The maximum absolute atomic E-state index is 13.4. The monoisotopic (exact) mass is 399 g/mol. The Morgan fingerprint density at radius 3 is 2.69 bits per heavy atom. The Labute approximate surface area is 169 Å². The smallest absolute Gasteiger partial charge is 0.242 e. The third-order valence-corrected chi connectivity index (χ3v) is 5.64. The van der Waals surface area contributed by atoms with Crippen LogP contribution in [-0.4, -0.2) is 65.2 Å². The number of hydrogen-bond donors (Lipinski definition) is 1. The number of rotatable bonds is 5. The van der Waals surface area contributed by atoms with Crippen molar-refractivity contribution in [2.45, 2.75) is 19.4 Å². The normalized spacial score (nSPS) is 20.3. The molecule has 7 nitrogen and oxygen atoms in total. The van der Waals surface area contributed by atoms with Gasteiger partial charge < -0.3 is 19.8 Å². The molecule has 1 unspecified atom stereocenters. The summed E-state index contributed by atoms with van der Waals surface area (Å²) in [5.74, 6) is 1.56. The minimum absolute atomic E-state index is 0.000935. The van der Waals surface area contributed by atoms with E-state index in [9.17, 15) is 14.3 Å². The van der Waals surface area contributed by atoms with Crippen molar-refractivity contribution >= 4 is 17.5 Å². The summed E-state index contributed by atoms with van der Waals surface area (Å²) in [6, 6.07) is 8.29. The zero-order chi connectivity index (χ0) is 20.2. The first-order valence-electron chi connectivity index (χ1n) is 10.1. The van der Waals surface area contributed by atoms with E-state index in [-0.39, 0.29) is 30.8 Å². The van der Waals surface area contributed by atoms with Gasteiger partial charge in [0.15, 0.2) is 0 Å². The second-order valence-electron chi connectivity index (χ2n) is 7.74. The van der Waals surface area contributed by atoms with Crippen molar-refractivity contribution in [3.63, 3.8) is 0 Å². The number of anilines is 2. The van der Waals surface area contributed by atoms with E-state index >= 15 is 0 Å². The van der Waals surface area contributed by atoms with Crippen molar-refractivity contribution in [2.75, 3.05) is 49.1 Å². The van der Waals surface area contributed by atoms with Gasteiger partial charge in [-0.2, -0.15) is 0 Å². The number of carbonyl (C=O) groups is 1. The van der Waals surface area contributed by atoms with Crippen LogP contribution in [-0.2, 0) is 11.3 Å². The molecule has 29 heavy (non-hydrogen) atoms. The Bertz CT molecular complexity index is 864. The Balaban J connectivity index is 1.41. The van der Waals surface area contributed by atoms with E-state index < -0.39 is 0 Å². The van der Waals surface area contributed by atoms with E-state index in [1.165, 1.54) is 18.5 Å². The fraction of sp³-hybridized carbons (Fsp3) is 0.476. The maximum atomic E-state index is 13.4. The van der Waals surface area contributed by atoms with E-state index in [0.29, 0.717) is 19.6 Å². The maximum Gasteiger partial charge on any atom is 0.242 e. The van der Waals surface area contributed by atoms with Crippen LogP contribution in [0.25, 0.3) is 0 Å². The molecule has 0 saturated carbocycles. The van der Waals surface area contributed by atoms with Gasteiger partial charge in [-0.25, -0.2) is 14.4 Å². The Hall–Kier alpha value is -2.74. The molecule has 154 valence electrons. The van der Waals surface area contributed by atoms with Crippen molar-refractivity contribution in [1.29, 1.82) is 0 Å². The van der Waals surface area contributed by atoms with Gasteiger partial charge in [0.05, 0.1) is 6.54 Å². The number of aromatic nitrogens is 2. The lowest BCUT2D eigenvalue weighted by atomic mass is 9.99. The van der Waals surface area contributed by atoms with Gasteiger partial charge in [0.1, 0.15) is 23.8 Å². The summed E-state index contributed by atoms with van der Waals surface area (Å²) in [5.41, 5.74) is 0.791. The van der Waals surface area contributed by atoms with Crippen LogP contribution < -0.4 is 9.80 Å². The number of carbonyl (C=O) groups excluding carboxylic acids is 1. The van der Waals surface area contributed by atoms with Gasteiger partial charge >= 0.3 is 0 Å². The molecule has 1 aromatic heterocycles. The van der Waals surface area contributed by atoms with Crippen LogP contribution in [0.1, 0.15) is 18.4 Å². The molecular formula is C21H26FN5O2. The van der Waals surface area contributed by atoms with Crippen molar-refractivity contribution in [2.24, 2.45) is 5.92 Å². The van der Waals surface area contributed by atoms with Gasteiger partial charge in [0.2, 0.25) is 5.91 Å². The summed E-state index contributed by atoms with van der Waals surface area (Å²) in [6.07, 6.45) is 3.60. The lowest BCUT2D eigenvalue weighted by molar-refractivity contribution is -0.131. The van der Waals surface area contributed by atoms with Crippen LogP contribution in [0.2, 0.25) is 0 Å². The minimum atomic E-state index is -0.289. The number of piperazine rings is 1. The first-order chi connectivity index (χ1) is 14.1. The van der Waals surface area contributed by atoms with Gasteiger partial charge in [0.25, 0.3) is 0 Å². The predicted molar refractivity (Wildman–Crippen MR) is 108 cm³/mol. The number of aliphatic hydroxyl groups excluding tert-OH is 1. The van der Waals surface area contributed by atoms with Crippen molar-refractivity contribution in [3.8, 4) is 0 Å². The lowest BCUT2D eigenvalue weighted by Gasteiger charge is -2.36. The van der Waals surface area contributed by atoms with Gasteiger partial charge in [-0.15, -0.1) is 0 Å². The highest BCUT2D eigenvalue weighted by atomic mass is 19.1. The molecule has 0 spiro atoms. The number of nitrogens with zero attached hydrogens (tertiary/aromatic N) is 5. The van der Waals surface area contributed by atoms with Gasteiger partial charge in [-0.1, -0.05) is 12.1 Å². The number of aliphatic hydroxyl groups is 1. The van der Waals surface area contributed by atoms with Crippen molar-refractivity contribution in [1.82, 2.24) is 14.9 Å². The number of benzene rings is 1. The summed E-state index contributed by atoms with van der Waals surface area (Å²) in [7, 11) is 0. The molecular weight excluding hydrogens is 373 g/mol. The largest absolute Gasteiger partial charge is 0.396 e. The van der Waals surface area contributed by atoms with E-state index in [0.717, 1.165) is 43.1 Å². The van der Waals surface area contributed by atoms with Gasteiger partial charge in [0, 0.05) is 45.4 Å². The second kappa shape index (κ2) is 8.73. The summed E-state index contributed by atoms with van der Waals surface area (Å²) in [6.45, 7) is 3.76. The molecule has 0 bridgehead atoms. The Morgan fingerprint density at radius 2 is 1.93 bits per heavy atom. The SMILES string of the molecule is O=C1CN(c2cc(N3CCCC(CO)C3)ncn2)CCN1Cc1cccc(F)c1. The molecule has 0 aliphatic carbocycles. The number of hydrogen-bond acceptors (Lipinski definition) is 6. The van der Waals surface area contributed by atoms with Crippen molar-refractivity contribution in [3.05, 3.63) is 48.0 Å². The van der Waals surface area contributed by atoms with Crippen LogP contribution in [0.15, 0.2) is 36.7 Å². The first kappa shape index (κ1) is 19.6. The molecule has 2 saturated heterocycles. The molecule has 3 heterocycles. The molecule has 2 aromatic rings. The fourth-order valence-electron chi connectivity index (χ4n) is 4.03.